The molecule has 0 radical (unpaired) electrons. The van der Waals surface area contributed by atoms with Gasteiger partial charge in [0.15, 0.2) is 0 Å². The Morgan fingerprint density at radius 2 is 1.97 bits per heavy atom. The van der Waals surface area contributed by atoms with Gasteiger partial charge < -0.3 is 21.5 Å². The van der Waals surface area contributed by atoms with E-state index in [1.54, 1.807) is 18.2 Å². The van der Waals surface area contributed by atoms with Gasteiger partial charge in [0, 0.05) is 5.56 Å². The second-order valence-electron chi connectivity index (χ2n) is 8.07. The van der Waals surface area contributed by atoms with Crippen molar-refractivity contribution >= 4 is 17.6 Å². The smallest absolute Gasteiger partial charge is 0.408 e. The molecule has 1 aliphatic carbocycles. The molecule has 5 N–H and O–H groups in total. The number of nitrogens with one attached hydrogen (secondary N) is 1. The van der Waals surface area contributed by atoms with Crippen LogP contribution in [-0.4, -0.2) is 34.9 Å². The van der Waals surface area contributed by atoms with E-state index in [9.17, 15) is 27.2 Å². The molecule has 0 fully saturated rings. The van der Waals surface area contributed by atoms with Crippen LogP contribution in [0.15, 0.2) is 36.4 Å². The Labute approximate surface area is 196 Å². The maximum absolute atomic E-state index is 13.7. The zero-order valence-electron chi connectivity index (χ0n) is 18.4. The van der Waals surface area contributed by atoms with Crippen LogP contribution in [0.25, 0.3) is 11.3 Å². The summed E-state index contributed by atoms with van der Waals surface area (Å²) in [4.78, 5) is 24.7. The summed E-state index contributed by atoms with van der Waals surface area (Å²) in [6, 6.07) is 8.18. The van der Waals surface area contributed by atoms with Crippen molar-refractivity contribution in [2.75, 3.05) is 12.8 Å². The van der Waals surface area contributed by atoms with E-state index >= 15 is 0 Å². The molecule has 0 aliphatic heterocycles. The number of halogens is 4. The van der Waals surface area contributed by atoms with Crippen molar-refractivity contribution in [3.05, 3.63) is 64.5 Å². The first-order chi connectivity index (χ1) is 16.5. The number of anilines is 1. The van der Waals surface area contributed by atoms with Gasteiger partial charge >= 0.3 is 6.18 Å². The van der Waals surface area contributed by atoms with E-state index in [1.807, 2.05) is 0 Å². The molecule has 1 atom stereocenters. The predicted molar refractivity (Wildman–Crippen MR) is 118 cm³/mol. The summed E-state index contributed by atoms with van der Waals surface area (Å²) < 4.78 is 58.0. The molecule has 0 saturated carbocycles. The van der Waals surface area contributed by atoms with E-state index in [2.05, 4.69) is 10.4 Å². The van der Waals surface area contributed by atoms with E-state index in [0.717, 1.165) is 17.2 Å². The second kappa shape index (κ2) is 8.93. The molecule has 3 aromatic rings. The number of ether oxygens (including phenoxy) is 1. The van der Waals surface area contributed by atoms with Crippen LogP contribution >= 0.6 is 0 Å². The molecule has 184 valence electrons. The molecule has 8 nitrogen and oxygen atoms in total. The lowest BCUT2D eigenvalue weighted by Gasteiger charge is -2.16. The highest BCUT2D eigenvalue weighted by molar-refractivity contribution is 6.03. The van der Waals surface area contributed by atoms with Crippen molar-refractivity contribution in [2.24, 2.45) is 5.73 Å². The molecule has 2 amide bonds. The van der Waals surface area contributed by atoms with Crippen LogP contribution in [0.3, 0.4) is 0 Å². The zero-order valence-corrected chi connectivity index (χ0v) is 18.4. The number of alkyl halides is 3. The third kappa shape index (κ3) is 4.77. The highest BCUT2D eigenvalue weighted by atomic mass is 19.4. The van der Waals surface area contributed by atoms with Gasteiger partial charge in [-0.2, -0.15) is 18.3 Å². The van der Waals surface area contributed by atoms with Crippen molar-refractivity contribution in [3.63, 3.8) is 0 Å². The van der Waals surface area contributed by atoms with E-state index in [0.29, 0.717) is 23.1 Å². The Hall–Kier alpha value is -4.09. The Kier molecular flexibility index (Phi) is 6.14. The van der Waals surface area contributed by atoms with Gasteiger partial charge in [-0.05, 0) is 48.2 Å². The number of aromatic nitrogens is 2. The summed E-state index contributed by atoms with van der Waals surface area (Å²) in [5.74, 6) is -2.34. The highest BCUT2D eigenvalue weighted by Gasteiger charge is 2.33. The fourth-order valence-corrected chi connectivity index (χ4v) is 4.22. The fourth-order valence-electron chi connectivity index (χ4n) is 4.22. The van der Waals surface area contributed by atoms with Gasteiger partial charge in [-0.25, -0.2) is 9.07 Å². The van der Waals surface area contributed by atoms with Gasteiger partial charge in [-0.15, -0.1) is 0 Å². The van der Waals surface area contributed by atoms with Crippen molar-refractivity contribution in [1.82, 2.24) is 15.1 Å². The number of nitrogen functional groups attached to an aromatic ring is 1. The molecule has 2 aromatic carbocycles. The number of nitrogens with two attached hydrogens (primary N) is 2. The standard InChI is InChI=1S/C23H21F4N5O3/c1-35-17-7-4-13(24)9-15(17)22(34)30-16-6-3-11-8-12(2-5-14(11)16)19-18(21(29)33)20(28)32(31-19)10-23(25,26)27/h2,4-5,7-9,16H,3,6,10,28H2,1H3,(H2,29,33)(H,30,34). The fraction of sp³-hybridized carbons (Fsp3) is 0.261. The minimum atomic E-state index is -4.60. The summed E-state index contributed by atoms with van der Waals surface area (Å²) in [6.07, 6.45) is -3.52. The number of carbonyl (C=O) groups is 2. The van der Waals surface area contributed by atoms with Crippen molar-refractivity contribution in [1.29, 1.82) is 0 Å². The first-order valence-electron chi connectivity index (χ1n) is 10.5. The average Bonchev–Trinajstić information content (AvgIpc) is 3.33. The largest absolute Gasteiger partial charge is 0.496 e. The molecule has 1 aliphatic rings. The minimum Gasteiger partial charge on any atom is -0.496 e. The Bertz CT molecular complexity index is 1320. The van der Waals surface area contributed by atoms with Crippen LogP contribution in [0.1, 0.15) is 44.3 Å². The molecule has 1 heterocycles. The number of carbonyl (C=O) groups excluding carboxylic acids is 2. The number of fused-ring (bicyclic) bond motifs is 1. The van der Waals surface area contributed by atoms with Crippen LogP contribution < -0.4 is 21.5 Å². The molecule has 35 heavy (non-hydrogen) atoms. The average molecular weight is 491 g/mol. The number of nitrogens with zero attached hydrogens (tertiary/aromatic N) is 2. The summed E-state index contributed by atoms with van der Waals surface area (Å²) in [7, 11) is 1.37. The maximum atomic E-state index is 13.7. The molecular formula is C23H21F4N5O3. The predicted octanol–water partition coefficient (Wildman–Crippen LogP) is 3.36. The SMILES string of the molecule is COc1ccc(F)cc1C(=O)NC1CCc2cc(-c3nn(CC(F)(F)F)c(N)c3C(N)=O)ccc21. The number of amides is 2. The lowest BCUT2D eigenvalue weighted by atomic mass is 10.0. The van der Waals surface area contributed by atoms with Crippen molar-refractivity contribution in [3.8, 4) is 17.0 Å². The molecule has 0 saturated heterocycles. The van der Waals surface area contributed by atoms with E-state index in [4.69, 9.17) is 16.2 Å². The molecular weight excluding hydrogens is 470 g/mol. The Morgan fingerprint density at radius 3 is 2.63 bits per heavy atom. The lowest BCUT2D eigenvalue weighted by Crippen LogP contribution is -2.27. The summed E-state index contributed by atoms with van der Waals surface area (Å²) in [5.41, 5.74) is 12.8. The summed E-state index contributed by atoms with van der Waals surface area (Å²) in [5, 5.41) is 6.75. The van der Waals surface area contributed by atoms with Crippen LogP contribution in [0, 0.1) is 5.82 Å². The molecule has 0 bridgehead atoms. The topological polar surface area (TPSA) is 125 Å². The molecule has 0 spiro atoms. The number of rotatable bonds is 6. The minimum absolute atomic E-state index is 0.0503. The maximum Gasteiger partial charge on any atom is 0.408 e. The third-order valence-electron chi connectivity index (χ3n) is 5.77. The first kappa shape index (κ1) is 24.0. The van der Waals surface area contributed by atoms with Crippen LogP contribution in [0.2, 0.25) is 0 Å². The lowest BCUT2D eigenvalue weighted by molar-refractivity contribution is -0.142. The molecule has 1 unspecified atom stereocenters. The normalized spacial score (nSPS) is 15.1. The van der Waals surface area contributed by atoms with Crippen LogP contribution in [0.4, 0.5) is 23.4 Å². The molecule has 4 rings (SSSR count). The first-order valence-corrected chi connectivity index (χ1v) is 10.5. The van der Waals surface area contributed by atoms with Gasteiger partial charge in [0.25, 0.3) is 11.8 Å². The number of hydrogen-bond donors (Lipinski definition) is 3. The number of aryl methyl sites for hydroxylation is 1. The van der Waals surface area contributed by atoms with Crippen molar-refractivity contribution < 1.29 is 31.9 Å². The highest BCUT2D eigenvalue weighted by Crippen LogP contribution is 2.36. The Morgan fingerprint density at radius 1 is 1.23 bits per heavy atom. The summed E-state index contributed by atoms with van der Waals surface area (Å²) >= 11 is 0. The van der Waals surface area contributed by atoms with Crippen LogP contribution in [-0.2, 0) is 13.0 Å². The quantitative estimate of drug-likeness (QED) is 0.456. The number of primary amides is 1. The number of benzene rings is 2. The van der Waals surface area contributed by atoms with Gasteiger partial charge in [0.05, 0.1) is 18.7 Å². The number of hydrogen-bond acceptors (Lipinski definition) is 5. The van der Waals surface area contributed by atoms with E-state index in [1.165, 1.54) is 19.2 Å². The molecule has 1 aromatic heterocycles. The van der Waals surface area contributed by atoms with Gasteiger partial charge in [0.2, 0.25) is 0 Å². The van der Waals surface area contributed by atoms with E-state index in [-0.39, 0.29) is 28.6 Å². The van der Waals surface area contributed by atoms with Gasteiger partial charge in [-0.3, -0.25) is 9.59 Å². The van der Waals surface area contributed by atoms with Gasteiger partial charge in [-0.1, -0.05) is 12.1 Å². The van der Waals surface area contributed by atoms with Crippen LogP contribution in [0.5, 0.6) is 5.75 Å². The van der Waals surface area contributed by atoms with E-state index < -0.39 is 36.2 Å². The Balaban J connectivity index is 1.63. The van der Waals surface area contributed by atoms with Gasteiger partial charge in [0.1, 0.15) is 35.2 Å². The zero-order chi connectivity index (χ0) is 25.5. The number of methoxy groups -OCH3 is 1. The third-order valence-corrected chi connectivity index (χ3v) is 5.77. The molecule has 12 heteroatoms. The van der Waals surface area contributed by atoms with Crippen molar-refractivity contribution in [2.45, 2.75) is 31.6 Å². The summed E-state index contributed by atoms with van der Waals surface area (Å²) in [6.45, 7) is -1.47. The second-order valence-corrected chi connectivity index (χ2v) is 8.07. The monoisotopic (exact) mass is 491 g/mol.